The van der Waals surface area contributed by atoms with Crippen LogP contribution >= 0.6 is 0 Å². The molecule has 1 heterocycles. The van der Waals surface area contributed by atoms with Gasteiger partial charge in [0.2, 0.25) is 0 Å². The van der Waals surface area contributed by atoms with Gasteiger partial charge in [-0.1, -0.05) is 75.4 Å². The first-order chi connectivity index (χ1) is 14.1. The van der Waals surface area contributed by atoms with Crippen LogP contribution in [-0.2, 0) is 5.41 Å². The number of hydrogen-bond acceptors (Lipinski definition) is 0. The van der Waals surface area contributed by atoms with Crippen molar-refractivity contribution >= 4 is 17.0 Å². The molecule has 0 saturated carbocycles. The quantitative estimate of drug-likeness (QED) is 0.325. The van der Waals surface area contributed by atoms with Crippen molar-refractivity contribution in [3.63, 3.8) is 0 Å². The van der Waals surface area contributed by atoms with Gasteiger partial charge in [-0.15, -0.1) is 0 Å². The summed E-state index contributed by atoms with van der Waals surface area (Å²) in [5.74, 6) is 0.512. The molecule has 0 radical (unpaired) electrons. The van der Waals surface area contributed by atoms with E-state index in [0.717, 1.165) is 6.42 Å². The van der Waals surface area contributed by atoms with Gasteiger partial charge in [-0.25, -0.2) is 0 Å². The second kappa shape index (κ2) is 5.73. The molecule has 1 aromatic heterocycles. The van der Waals surface area contributed by atoms with Crippen molar-refractivity contribution in [3.05, 3.63) is 95.2 Å². The third-order valence-electron chi connectivity index (χ3n) is 7.00. The highest BCUT2D eigenvalue weighted by Gasteiger charge is 2.36. The van der Waals surface area contributed by atoms with Crippen molar-refractivity contribution < 1.29 is 0 Å². The Labute approximate surface area is 172 Å². The number of benzene rings is 3. The summed E-state index contributed by atoms with van der Waals surface area (Å²) in [7, 11) is 0. The van der Waals surface area contributed by atoms with Crippen LogP contribution in [0.1, 0.15) is 55.5 Å². The Bertz CT molecular complexity index is 1300. The average Bonchev–Trinajstić information content (AvgIpc) is 3.19. The first-order valence-electron chi connectivity index (χ1n) is 10.6. The molecule has 1 unspecified atom stereocenters. The molecule has 0 bridgehead atoms. The molecule has 0 fully saturated rings. The van der Waals surface area contributed by atoms with Gasteiger partial charge < -0.3 is 4.57 Å². The molecule has 6 rings (SSSR count). The Morgan fingerprint density at radius 1 is 0.862 bits per heavy atom. The van der Waals surface area contributed by atoms with Gasteiger partial charge in [-0.3, -0.25) is 0 Å². The van der Waals surface area contributed by atoms with Crippen molar-refractivity contribution in [1.29, 1.82) is 0 Å². The van der Waals surface area contributed by atoms with Gasteiger partial charge in [0, 0.05) is 33.7 Å². The lowest BCUT2D eigenvalue weighted by Gasteiger charge is -2.21. The van der Waals surface area contributed by atoms with Gasteiger partial charge in [-0.2, -0.15) is 0 Å². The molecule has 0 spiro atoms. The molecule has 142 valence electrons. The Morgan fingerprint density at radius 2 is 1.62 bits per heavy atom. The monoisotopic (exact) mass is 375 g/mol. The van der Waals surface area contributed by atoms with Crippen LogP contribution in [0.2, 0.25) is 0 Å². The van der Waals surface area contributed by atoms with Crippen LogP contribution in [0.3, 0.4) is 0 Å². The fourth-order valence-corrected chi connectivity index (χ4v) is 5.54. The van der Waals surface area contributed by atoms with E-state index >= 15 is 0 Å². The zero-order valence-corrected chi connectivity index (χ0v) is 17.2. The highest BCUT2D eigenvalue weighted by Crippen LogP contribution is 2.51. The fraction of sp³-hybridized carbons (Fsp3) is 0.214. The van der Waals surface area contributed by atoms with Crippen molar-refractivity contribution in [2.24, 2.45) is 0 Å². The fourth-order valence-electron chi connectivity index (χ4n) is 5.54. The second-order valence-electron chi connectivity index (χ2n) is 9.09. The molecular weight excluding hydrogens is 350 g/mol. The number of fused-ring (bicyclic) bond motifs is 6. The van der Waals surface area contributed by atoms with E-state index in [-0.39, 0.29) is 5.41 Å². The highest BCUT2D eigenvalue weighted by atomic mass is 15.0. The third kappa shape index (κ3) is 2.16. The summed E-state index contributed by atoms with van der Waals surface area (Å²) >= 11 is 0. The number of hydrogen-bond donors (Lipinski definition) is 0. The maximum Gasteiger partial charge on any atom is 0.0544 e. The number of allylic oxidation sites excluding steroid dienone is 1. The predicted octanol–water partition coefficient (Wildman–Crippen LogP) is 7.46. The standard InChI is InChI=1S/C28H25N/c1-18-10-9-14-21-23-16-25-22(20-13-7-8-15-24(20)28(25,2)3)17-26(23)29(27(18)21)19-11-5-4-6-12-19/h4-9,11-18H,10H2,1-3H3. The van der Waals surface area contributed by atoms with Gasteiger partial charge in [0.05, 0.1) is 5.52 Å². The molecule has 0 amide bonds. The Kier molecular flexibility index (Phi) is 3.33. The predicted molar refractivity (Wildman–Crippen MR) is 123 cm³/mol. The van der Waals surface area contributed by atoms with Gasteiger partial charge in [0.1, 0.15) is 0 Å². The van der Waals surface area contributed by atoms with Crippen molar-refractivity contribution in [1.82, 2.24) is 4.57 Å². The minimum atomic E-state index is 0.0336. The van der Waals surface area contributed by atoms with Crippen LogP contribution in [0.4, 0.5) is 0 Å². The second-order valence-corrected chi connectivity index (χ2v) is 9.09. The lowest BCUT2D eigenvalue weighted by Crippen LogP contribution is -2.14. The van der Waals surface area contributed by atoms with E-state index in [0.29, 0.717) is 5.92 Å². The zero-order valence-electron chi connectivity index (χ0n) is 17.2. The van der Waals surface area contributed by atoms with Gasteiger partial charge >= 0.3 is 0 Å². The third-order valence-corrected chi connectivity index (χ3v) is 7.00. The molecule has 2 aliphatic rings. The molecular formula is C28H25N. The zero-order chi connectivity index (χ0) is 19.8. The molecule has 1 nitrogen and oxygen atoms in total. The summed E-state index contributed by atoms with van der Waals surface area (Å²) in [6.45, 7) is 7.08. The normalized spacial score (nSPS) is 18.5. The van der Waals surface area contributed by atoms with Crippen molar-refractivity contribution in [3.8, 4) is 16.8 Å². The molecule has 0 saturated heterocycles. The number of para-hydroxylation sites is 1. The Balaban J connectivity index is 1.76. The Morgan fingerprint density at radius 3 is 2.45 bits per heavy atom. The minimum Gasteiger partial charge on any atom is -0.313 e. The topological polar surface area (TPSA) is 4.93 Å². The Hall–Kier alpha value is -3.06. The lowest BCUT2D eigenvalue weighted by molar-refractivity contribution is 0.661. The molecule has 3 aromatic carbocycles. The minimum absolute atomic E-state index is 0.0336. The summed E-state index contributed by atoms with van der Waals surface area (Å²) in [6.07, 6.45) is 5.79. The van der Waals surface area contributed by atoms with E-state index in [1.165, 1.54) is 50.1 Å². The molecule has 0 N–H and O–H groups in total. The van der Waals surface area contributed by atoms with E-state index in [2.05, 4.69) is 104 Å². The van der Waals surface area contributed by atoms with E-state index in [1.807, 2.05) is 0 Å². The maximum absolute atomic E-state index is 2.51. The molecule has 0 aliphatic heterocycles. The molecule has 4 aromatic rings. The average molecular weight is 376 g/mol. The molecule has 2 aliphatic carbocycles. The van der Waals surface area contributed by atoms with E-state index in [4.69, 9.17) is 0 Å². The van der Waals surface area contributed by atoms with Crippen molar-refractivity contribution in [2.75, 3.05) is 0 Å². The lowest BCUT2D eigenvalue weighted by atomic mass is 9.82. The van der Waals surface area contributed by atoms with Gasteiger partial charge in [0.15, 0.2) is 0 Å². The summed E-state index contributed by atoms with van der Waals surface area (Å²) in [5.41, 5.74) is 11.1. The van der Waals surface area contributed by atoms with Gasteiger partial charge in [0.25, 0.3) is 0 Å². The van der Waals surface area contributed by atoms with Crippen molar-refractivity contribution in [2.45, 2.75) is 38.5 Å². The van der Waals surface area contributed by atoms with E-state index < -0.39 is 0 Å². The van der Waals surface area contributed by atoms with Gasteiger partial charge in [-0.05, 0) is 52.9 Å². The number of aromatic nitrogens is 1. The van der Waals surface area contributed by atoms with E-state index in [9.17, 15) is 0 Å². The van der Waals surface area contributed by atoms with Crippen LogP contribution in [0.15, 0.2) is 72.8 Å². The first kappa shape index (κ1) is 16.9. The highest BCUT2D eigenvalue weighted by molar-refractivity contribution is 5.99. The molecule has 29 heavy (non-hydrogen) atoms. The summed E-state index contributed by atoms with van der Waals surface area (Å²) in [5, 5.41) is 1.38. The van der Waals surface area contributed by atoms with Crippen LogP contribution in [-0.4, -0.2) is 4.57 Å². The molecule has 1 heteroatoms. The van der Waals surface area contributed by atoms with Crippen LogP contribution in [0.5, 0.6) is 0 Å². The summed E-state index contributed by atoms with van der Waals surface area (Å²) < 4.78 is 2.51. The largest absolute Gasteiger partial charge is 0.313 e. The number of rotatable bonds is 1. The van der Waals surface area contributed by atoms with E-state index in [1.54, 1.807) is 0 Å². The summed E-state index contributed by atoms with van der Waals surface area (Å²) in [4.78, 5) is 0. The summed E-state index contributed by atoms with van der Waals surface area (Å²) in [6, 6.07) is 24.7. The van der Waals surface area contributed by atoms with Crippen LogP contribution < -0.4 is 0 Å². The SMILES string of the molecule is CC1CC=Cc2c1n(-c1ccccc1)c1cc3c(cc21)C(C)(C)c1ccccc1-3. The molecule has 1 atom stereocenters. The van der Waals surface area contributed by atoms with Crippen LogP contribution in [0, 0.1) is 0 Å². The number of nitrogens with zero attached hydrogens (tertiary/aromatic N) is 1. The first-order valence-corrected chi connectivity index (χ1v) is 10.6. The smallest absolute Gasteiger partial charge is 0.0544 e. The maximum atomic E-state index is 2.51. The van der Waals surface area contributed by atoms with Crippen LogP contribution in [0.25, 0.3) is 33.8 Å².